The number of para-hydroxylation sites is 4. The minimum Gasteiger partial charge on any atom is -0.311 e. The van der Waals surface area contributed by atoms with Crippen molar-refractivity contribution < 1.29 is 1.43 Å². The first-order valence-corrected chi connectivity index (χ1v) is 29.0. The Labute approximate surface area is 500 Å². The van der Waals surface area contributed by atoms with Gasteiger partial charge in [0, 0.05) is 63.9 Å². The van der Waals surface area contributed by atoms with E-state index in [9.17, 15) is 0 Å². The van der Waals surface area contributed by atoms with Gasteiger partial charge in [-0.2, -0.15) is 0 Å². The second kappa shape index (κ2) is 24.8. The molecule has 0 saturated heterocycles. The summed E-state index contributed by atoms with van der Waals surface area (Å²) in [6, 6.07) is 108. The lowest BCUT2D eigenvalue weighted by atomic mass is 10.0. The molecule has 2 aromatic heterocycles. The van der Waals surface area contributed by atoms with Gasteiger partial charge in [0.2, 0.25) is 0 Å². The predicted octanol–water partition coefficient (Wildman–Crippen LogP) is 22.7. The lowest BCUT2D eigenvalue weighted by Crippen LogP contribution is -2.10. The third-order valence-corrected chi connectivity index (χ3v) is 16.1. The molecule has 14 aromatic rings. The fourth-order valence-electron chi connectivity index (χ4n) is 10.5. The van der Waals surface area contributed by atoms with Crippen molar-refractivity contribution in [2.24, 2.45) is 0 Å². The van der Waals surface area contributed by atoms with E-state index in [0.29, 0.717) is 0 Å². The molecule has 0 radical (unpaired) electrons. The van der Waals surface area contributed by atoms with Crippen molar-refractivity contribution in [2.45, 2.75) is 13.8 Å². The van der Waals surface area contributed by atoms with Gasteiger partial charge in [-0.3, -0.25) is 0 Å². The van der Waals surface area contributed by atoms with Crippen LogP contribution in [0.15, 0.2) is 312 Å². The second-order valence-electron chi connectivity index (χ2n) is 19.3. The zero-order valence-corrected chi connectivity index (χ0v) is 48.4. The molecule has 0 atom stereocenters. The highest BCUT2D eigenvalue weighted by Gasteiger charge is 2.16. The molecule has 0 saturated carbocycles. The highest BCUT2D eigenvalue weighted by Crippen LogP contribution is 2.39. The predicted molar refractivity (Wildman–Crippen MR) is 360 cm³/mol. The Morgan fingerprint density at radius 1 is 0.300 bits per heavy atom. The summed E-state index contributed by atoms with van der Waals surface area (Å²) in [6.07, 6.45) is 0.933. The zero-order chi connectivity index (χ0) is 53.5. The van der Waals surface area contributed by atoms with Crippen molar-refractivity contribution in [3.8, 4) is 33.6 Å². The van der Waals surface area contributed by atoms with Gasteiger partial charge in [0.1, 0.15) is 0 Å². The van der Waals surface area contributed by atoms with Crippen molar-refractivity contribution in [3.63, 3.8) is 0 Å². The maximum absolute atomic E-state index is 3.59. The Balaban J connectivity index is 0.000000158. The molecule has 0 bridgehead atoms. The summed E-state index contributed by atoms with van der Waals surface area (Å²) < 4.78 is 8.19. The van der Waals surface area contributed by atoms with Gasteiger partial charge in [0.15, 0.2) is 0 Å². The lowest BCUT2D eigenvalue weighted by Gasteiger charge is -2.26. The molecule has 6 heteroatoms. The quantitative estimate of drug-likeness (QED) is 0.131. The van der Waals surface area contributed by atoms with Crippen molar-refractivity contribution >= 4 is 115 Å². The Bertz CT molecular complexity index is 4190. The molecule has 0 spiro atoms. The second-order valence-corrected chi connectivity index (χ2v) is 22.4. The van der Waals surface area contributed by atoms with Crippen LogP contribution in [0.4, 0.5) is 17.1 Å². The minimum atomic E-state index is 0. The van der Waals surface area contributed by atoms with Crippen molar-refractivity contribution in [1.82, 2.24) is 9.13 Å². The normalized spacial score (nSPS) is 10.9. The van der Waals surface area contributed by atoms with E-state index in [1.807, 2.05) is 12.1 Å². The minimum absolute atomic E-state index is 0. The Hall–Kier alpha value is -8.27. The number of hydrogen-bond donors (Lipinski definition) is 0. The summed E-state index contributed by atoms with van der Waals surface area (Å²) >= 11 is 9.21. The van der Waals surface area contributed by atoms with Crippen LogP contribution in [-0.4, -0.2) is 9.13 Å². The lowest BCUT2D eigenvalue weighted by molar-refractivity contribution is 1.15. The van der Waals surface area contributed by atoms with Crippen LogP contribution in [0.3, 0.4) is 0 Å². The number of anilines is 3. The molecule has 0 amide bonds. The fraction of sp³-hybridized carbons (Fsp3) is 0.0270. The SMILES string of the molecule is Brc1ccc(I)cc1.Brc1ccc(N(c2ccc(-c3ccccc3)cc2)c2ccc(-n3c4ccccc4c4ccccc43)cc2)cc1.C.[HH].c1ccc(-c2ccc(Cc3ccc(-n4c5ccccc5c5ccccc54)cc3)cc2)cc1. The van der Waals surface area contributed by atoms with Crippen LogP contribution in [0.1, 0.15) is 20.0 Å². The topological polar surface area (TPSA) is 13.1 Å². The molecule has 3 nitrogen and oxygen atoms in total. The van der Waals surface area contributed by atoms with Crippen molar-refractivity contribution in [1.29, 1.82) is 0 Å². The zero-order valence-electron chi connectivity index (χ0n) is 43.1. The Kier molecular flexibility index (Phi) is 16.7. The van der Waals surface area contributed by atoms with Crippen LogP contribution in [0.25, 0.3) is 77.2 Å². The van der Waals surface area contributed by atoms with Gasteiger partial charge in [0.25, 0.3) is 0 Å². The van der Waals surface area contributed by atoms with Gasteiger partial charge in [-0.15, -0.1) is 0 Å². The molecular weight excluding hydrogens is 1220 g/mol. The number of halogens is 3. The third kappa shape index (κ3) is 11.7. The fourth-order valence-corrected chi connectivity index (χ4v) is 11.4. The van der Waals surface area contributed by atoms with Crippen LogP contribution >= 0.6 is 54.5 Å². The van der Waals surface area contributed by atoms with E-state index in [2.05, 4.69) is 360 Å². The third-order valence-electron chi connectivity index (χ3n) is 14.3. The molecular formula is C74H58Br2IN3. The van der Waals surface area contributed by atoms with Gasteiger partial charge in [-0.25, -0.2) is 0 Å². The maximum atomic E-state index is 3.59. The Morgan fingerprint density at radius 2 is 0.575 bits per heavy atom. The van der Waals surface area contributed by atoms with E-state index in [1.165, 1.54) is 86.2 Å². The van der Waals surface area contributed by atoms with Gasteiger partial charge in [-0.1, -0.05) is 221 Å². The first-order valence-electron chi connectivity index (χ1n) is 26.3. The van der Waals surface area contributed by atoms with E-state index in [1.54, 1.807) is 0 Å². The molecule has 0 aliphatic rings. The highest BCUT2D eigenvalue weighted by atomic mass is 127. The van der Waals surface area contributed by atoms with E-state index in [4.69, 9.17) is 0 Å². The maximum Gasteiger partial charge on any atom is 0.0541 e. The number of aromatic nitrogens is 2. The number of hydrogen-bond acceptors (Lipinski definition) is 1. The summed E-state index contributed by atoms with van der Waals surface area (Å²) in [4.78, 5) is 2.30. The van der Waals surface area contributed by atoms with Gasteiger partial charge in [0.05, 0.1) is 22.1 Å². The molecule has 390 valence electrons. The number of benzene rings is 12. The van der Waals surface area contributed by atoms with E-state index in [-0.39, 0.29) is 8.85 Å². The molecule has 0 unspecified atom stereocenters. The molecule has 0 aliphatic carbocycles. The summed E-state index contributed by atoms with van der Waals surface area (Å²) in [5, 5.41) is 5.13. The van der Waals surface area contributed by atoms with Gasteiger partial charge < -0.3 is 14.0 Å². The summed E-state index contributed by atoms with van der Waals surface area (Å²) in [5.41, 5.74) is 18.2. The highest BCUT2D eigenvalue weighted by molar-refractivity contribution is 14.1. The van der Waals surface area contributed by atoms with Gasteiger partial charge in [-0.05, 0) is 184 Å². The standard InChI is InChI=1S/C36H25BrN2.C31H23N.C6H4BrI.CH4.H2/c37-28-16-20-30(21-17-28)38(29-18-14-27(15-19-29)26-8-2-1-3-9-26)31-22-24-32(25-23-31)39-35-12-6-4-10-33(35)34-11-5-7-13-36(34)39;1-2-8-25(9-3-1)26-18-14-23(15-19-26)22-24-16-20-27(21-17-24)32-30-12-6-4-10-28(30)29-11-5-7-13-31(29)32;7-5-1-3-6(8)4-2-5;;/h1-25H;1-21H,22H2;1-4H;1H4;1H. The van der Waals surface area contributed by atoms with E-state index in [0.717, 1.165) is 38.1 Å². The van der Waals surface area contributed by atoms with Crippen molar-refractivity contribution in [2.75, 3.05) is 4.90 Å². The number of fused-ring (bicyclic) bond motifs is 6. The summed E-state index contributed by atoms with van der Waals surface area (Å²) in [7, 11) is 0. The van der Waals surface area contributed by atoms with Crippen LogP contribution < -0.4 is 4.90 Å². The van der Waals surface area contributed by atoms with E-state index < -0.39 is 0 Å². The summed E-state index contributed by atoms with van der Waals surface area (Å²) in [5.74, 6) is 0. The molecule has 0 N–H and O–H groups in total. The Morgan fingerprint density at radius 3 is 0.950 bits per heavy atom. The molecule has 2 heterocycles. The average molecular weight is 1280 g/mol. The summed E-state index contributed by atoms with van der Waals surface area (Å²) in [6.45, 7) is 0. The van der Waals surface area contributed by atoms with Crippen LogP contribution in [0.2, 0.25) is 0 Å². The average Bonchev–Trinajstić information content (AvgIpc) is 4.08. The van der Waals surface area contributed by atoms with E-state index >= 15 is 0 Å². The molecule has 14 rings (SSSR count). The largest absolute Gasteiger partial charge is 0.311 e. The van der Waals surface area contributed by atoms with Crippen LogP contribution in [-0.2, 0) is 6.42 Å². The first-order chi connectivity index (χ1) is 38.9. The smallest absolute Gasteiger partial charge is 0.0541 e. The number of rotatable bonds is 9. The molecule has 0 fully saturated rings. The molecule has 0 aliphatic heterocycles. The monoisotopic (exact) mass is 1270 g/mol. The first kappa shape index (κ1) is 53.7. The van der Waals surface area contributed by atoms with Crippen LogP contribution in [0, 0.1) is 3.57 Å². The van der Waals surface area contributed by atoms with Gasteiger partial charge >= 0.3 is 0 Å². The number of nitrogens with zero attached hydrogens (tertiary/aromatic N) is 3. The molecule has 12 aromatic carbocycles. The van der Waals surface area contributed by atoms with Crippen LogP contribution in [0.5, 0.6) is 0 Å². The van der Waals surface area contributed by atoms with Crippen molar-refractivity contribution in [3.05, 3.63) is 327 Å². The molecule has 80 heavy (non-hydrogen) atoms.